The van der Waals surface area contributed by atoms with Gasteiger partial charge in [-0.25, -0.2) is 13.1 Å². The summed E-state index contributed by atoms with van der Waals surface area (Å²) in [5.41, 5.74) is 4.28. The van der Waals surface area contributed by atoms with E-state index in [0.717, 1.165) is 16.7 Å². The monoisotopic (exact) mass is 374 g/mol. The van der Waals surface area contributed by atoms with E-state index in [-0.39, 0.29) is 17.7 Å². The molecule has 0 heterocycles. The molecule has 0 aromatic heterocycles. The molecule has 0 atom stereocenters. The lowest BCUT2D eigenvalue weighted by Gasteiger charge is -2.11. The minimum absolute atomic E-state index is 0.0553. The summed E-state index contributed by atoms with van der Waals surface area (Å²) in [6.45, 7) is 7.84. The Hall–Kier alpha value is -2.18. The van der Waals surface area contributed by atoms with Gasteiger partial charge in [0.2, 0.25) is 10.0 Å². The predicted octanol–water partition coefficient (Wildman–Crippen LogP) is 3.06. The molecule has 0 radical (unpaired) electrons. The van der Waals surface area contributed by atoms with Crippen molar-refractivity contribution in [2.45, 2.75) is 46.0 Å². The summed E-state index contributed by atoms with van der Waals surface area (Å²) in [6.07, 6.45) is 0. The van der Waals surface area contributed by atoms with E-state index in [9.17, 15) is 13.2 Å². The fourth-order valence-corrected chi connectivity index (χ4v) is 4.06. The summed E-state index contributed by atoms with van der Waals surface area (Å²) < 4.78 is 26.5. The molecule has 2 aromatic carbocycles. The Morgan fingerprint density at radius 3 is 2.23 bits per heavy atom. The quantitative estimate of drug-likeness (QED) is 0.782. The number of carbonyl (C=O) groups is 1. The van der Waals surface area contributed by atoms with E-state index in [4.69, 9.17) is 0 Å². The lowest BCUT2D eigenvalue weighted by molar-refractivity contribution is 0.0950. The van der Waals surface area contributed by atoms with Crippen molar-refractivity contribution in [1.82, 2.24) is 10.0 Å². The molecule has 1 amide bonds. The van der Waals surface area contributed by atoms with Gasteiger partial charge in [-0.3, -0.25) is 4.79 Å². The third-order valence-corrected chi connectivity index (χ3v) is 5.43. The van der Waals surface area contributed by atoms with Crippen LogP contribution in [-0.4, -0.2) is 20.4 Å². The van der Waals surface area contributed by atoms with Gasteiger partial charge in [-0.2, -0.15) is 0 Å². The first kappa shape index (κ1) is 20.1. The van der Waals surface area contributed by atoms with Crippen LogP contribution in [0.1, 0.15) is 46.5 Å². The Balaban J connectivity index is 1.97. The summed E-state index contributed by atoms with van der Waals surface area (Å²) >= 11 is 0. The lowest BCUT2D eigenvalue weighted by atomic mass is 10.0. The number of amides is 1. The number of hydrogen-bond donors (Lipinski definition) is 2. The Bertz CT molecular complexity index is 872. The van der Waals surface area contributed by atoms with Crippen molar-refractivity contribution in [3.63, 3.8) is 0 Å². The minimum Gasteiger partial charge on any atom is -0.348 e. The summed E-state index contributed by atoms with van der Waals surface area (Å²) in [7, 11) is -3.34. The van der Waals surface area contributed by atoms with Crippen LogP contribution in [0, 0.1) is 13.8 Å². The van der Waals surface area contributed by atoms with E-state index in [0.29, 0.717) is 17.7 Å². The molecule has 2 rings (SSSR count). The molecule has 0 aliphatic rings. The number of benzene rings is 2. The van der Waals surface area contributed by atoms with Gasteiger partial charge >= 0.3 is 0 Å². The smallest absolute Gasteiger partial charge is 0.251 e. The normalized spacial score (nSPS) is 11.6. The van der Waals surface area contributed by atoms with Gasteiger partial charge < -0.3 is 5.32 Å². The number of aryl methyl sites for hydroxylation is 2. The van der Waals surface area contributed by atoms with E-state index >= 15 is 0 Å². The Labute approximate surface area is 155 Å². The van der Waals surface area contributed by atoms with Gasteiger partial charge in [-0.1, -0.05) is 42.0 Å². The van der Waals surface area contributed by atoms with Crippen LogP contribution >= 0.6 is 0 Å². The van der Waals surface area contributed by atoms with Gasteiger partial charge in [0.1, 0.15) is 0 Å². The molecule has 140 valence electrons. The van der Waals surface area contributed by atoms with Crippen molar-refractivity contribution in [2.24, 2.45) is 0 Å². The van der Waals surface area contributed by atoms with E-state index in [1.54, 1.807) is 26.0 Å². The second-order valence-corrected chi connectivity index (χ2v) is 8.60. The number of nitrogens with one attached hydrogen (secondary N) is 2. The average Bonchev–Trinajstić information content (AvgIpc) is 2.54. The summed E-state index contributed by atoms with van der Waals surface area (Å²) in [4.78, 5) is 12.3. The van der Waals surface area contributed by atoms with Gasteiger partial charge in [-0.05, 0) is 50.5 Å². The maximum absolute atomic E-state index is 12.3. The van der Waals surface area contributed by atoms with Crippen LogP contribution in [0.25, 0.3) is 0 Å². The molecular formula is C20H26N2O3S. The maximum Gasteiger partial charge on any atom is 0.251 e. The molecule has 26 heavy (non-hydrogen) atoms. The molecule has 0 saturated heterocycles. The molecule has 0 aliphatic carbocycles. The van der Waals surface area contributed by atoms with E-state index < -0.39 is 10.0 Å². The number of sulfonamides is 1. The maximum atomic E-state index is 12.3. The van der Waals surface area contributed by atoms with Gasteiger partial charge in [-0.15, -0.1) is 0 Å². The minimum atomic E-state index is -3.34. The van der Waals surface area contributed by atoms with Crippen LogP contribution in [-0.2, 0) is 22.3 Å². The van der Waals surface area contributed by atoms with Crippen LogP contribution in [0.3, 0.4) is 0 Å². The second-order valence-electron chi connectivity index (χ2n) is 6.85. The molecular weight excluding hydrogens is 348 g/mol. The van der Waals surface area contributed by atoms with Crippen molar-refractivity contribution in [3.8, 4) is 0 Å². The van der Waals surface area contributed by atoms with Crippen LogP contribution < -0.4 is 10.0 Å². The van der Waals surface area contributed by atoms with E-state index in [1.807, 2.05) is 44.2 Å². The van der Waals surface area contributed by atoms with Crippen LogP contribution in [0.2, 0.25) is 0 Å². The van der Waals surface area contributed by atoms with Gasteiger partial charge in [0, 0.05) is 18.2 Å². The molecule has 0 aliphatic heterocycles. The van der Waals surface area contributed by atoms with E-state index in [1.165, 1.54) is 0 Å². The molecule has 2 aromatic rings. The van der Waals surface area contributed by atoms with Gasteiger partial charge in [0.25, 0.3) is 5.91 Å². The number of carbonyl (C=O) groups excluding carboxylic acids is 1. The number of hydrogen-bond acceptors (Lipinski definition) is 3. The third-order valence-electron chi connectivity index (χ3n) is 3.89. The van der Waals surface area contributed by atoms with Crippen LogP contribution in [0.4, 0.5) is 0 Å². The molecule has 0 spiro atoms. The van der Waals surface area contributed by atoms with E-state index in [2.05, 4.69) is 10.0 Å². The fraction of sp³-hybridized carbons (Fsp3) is 0.350. The summed E-state index contributed by atoms with van der Waals surface area (Å²) in [5, 5.41) is 2.91. The first-order valence-corrected chi connectivity index (χ1v) is 10.2. The predicted molar refractivity (Wildman–Crippen MR) is 104 cm³/mol. The standard InChI is InChI=1S/C20H26N2O3S/c1-14(2)22-26(24,25)13-18-9-7-17(8-10-18)12-21-20(23)19-11-15(3)5-6-16(19)4/h5-11,14,22H,12-13H2,1-4H3,(H,21,23). The molecule has 0 fully saturated rings. The Morgan fingerprint density at radius 1 is 1.00 bits per heavy atom. The van der Waals surface area contributed by atoms with Crippen molar-refractivity contribution in [3.05, 3.63) is 70.3 Å². The van der Waals surface area contributed by atoms with Crippen molar-refractivity contribution >= 4 is 15.9 Å². The third kappa shape index (κ3) is 5.97. The molecule has 0 saturated carbocycles. The Kier molecular flexibility index (Phi) is 6.56. The molecule has 0 unspecified atom stereocenters. The van der Waals surface area contributed by atoms with Crippen LogP contribution in [0.15, 0.2) is 42.5 Å². The first-order valence-electron chi connectivity index (χ1n) is 8.59. The zero-order valence-electron chi connectivity index (χ0n) is 15.7. The second kappa shape index (κ2) is 8.47. The van der Waals surface area contributed by atoms with Gasteiger partial charge in [0.05, 0.1) is 5.75 Å². The zero-order valence-corrected chi connectivity index (χ0v) is 16.5. The van der Waals surface area contributed by atoms with Crippen LogP contribution in [0.5, 0.6) is 0 Å². The topological polar surface area (TPSA) is 75.3 Å². The highest BCUT2D eigenvalue weighted by atomic mass is 32.2. The number of rotatable bonds is 7. The molecule has 2 N–H and O–H groups in total. The highest BCUT2D eigenvalue weighted by molar-refractivity contribution is 7.88. The van der Waals surface area contributed by atoms with Crippen molar-refractivity contribution in [2.75, 3.05) is 0 Å². The fourth-order valence-electron chi connectivity index (χ4n) is 2.63. The highest BCUT2D eigenvalue weighted by Crippen LogP contribution is 2.12. The first-order chi connectivity index (χ1) is 12.2. The van der Waals surface area contributed by atoms with Crippen molar-refractivity contribution in [1.29, 1.82) is 0 Å². The molecule has 0 bridgehead atoms. The highest BCUT2D eigenvalue weighted by Gasteiger charge is 2.13. The molecule has 5 nitrogen and oxygen atoms in total. The van der Waals surface area contributed by atoms with Crippen molar-refractivity contribution < 1.29 is 13.2 Å². The summed E-state index contributed by atoms with van der Waals surface area (Å²) in [5.74, 6) is -0.167. The van der Waals surface area contributed by atoms with Gasteiger partial charge in [0.15, 0.2) is 0 Å². The Morgan fingerprint density at radius 2 is 1.62 bits per heavy atom. The average molecular weight is 375 g/mol. The zero-order chi connectivity index (χ0) is 19.3. The molecule has 6 heteroatoms. The summed E-state index contributed by atoms with van der Waals surface area (Å²) in [6, 6.07) is 12.9. The SMILES string of the molecule is Cc1ccc(C)c(C(=O)NCc2ccc(CS(=O)(=O)NC(C)C)cc2)c1. The lowest BCUT2D eigenvalue weighted by Crippen LogP contribution is -2.31. The largest absolute Gasteiger partial charge is 0.348 e.